The summed E-state index contributed by atoms with van der Waals surface area (Å²) < 4.78 is 5.07. The number of aliphatic carboxylic acids is 1. The van der Waals surface area contributed by atoms with Crippen LogP contribution in [-0.4, -0.2) is 36.9 Å². The van der Waals surface area contributed by atoms with E-state index in [1.54, 1.807) is 7.11 Å². The fraction of sp³-hybridized carbons (Fsp3) is 0.875. The minimum Gasteiger partial charge on any atom is -0.480 e. The van der Waals surface area contributed by atoms with Crippen molar-refractivity contribution in [1.82, 2.24) is 5.32 Å². The number of carboxylic acids is 1. The molecule has 2 N–H and O–H groups in total. The summed E-state index contributed by atoms with van der Waals surface area (Å²) in [6.45, 7) is 0.689. The highest BCUT2D eigenvalue weighted by atomic mass is 35.5. The predicted octanol–water partition coefficient (Wildman–Crippen LogP) is 0.260. The minimum absolute atomic E-state index is 0. The number of rotatable bonds is 3. The molecule has 0 aromatic carbocycles. The maximum absolute atomic E-state index is 10.6. The lowest BCUT2D eigenvalue weighted by atomic mass is 10.0. The molecule has 3 atom stereocenters. The SMILES string of the molecule is COC[C@]12C[C@@H](C(=O)O)N[C@H]1C2.Cl. The number of hydrogen-bond donors (Lipinski definition) is 2. The molecule has 0 spiro atoms. The molecule has 1 saturated carbocycles. The van der Waals surface area contributed by atoms with E-state index in [2.05, 4.69) is 5.32 Å². The molecule has 1 aliphatic carbocycles. The minimum atomic E-state index is -0.738. The molecule has 0 amide bonds. The van der Waals surface area contributed by atoms with Gasteiger partial charge in [-0.2, -0.15) is 0 Å². The van der Waals surface area contributed by atoms with Gasteiger partial charge >= 0.3 is 5.97 Å². The molecule has 76 valence electrons. The molecule has 0 radical (unpaired) electrons. The van der Waals surface area contributed by atoms with Gasteiger partial charge in [-0.15, -0.1) is 12.4 Å². The van der Waals surface area contributed by atoms with E-state index in [-0.39, 0.29) is 23.9 Å². The number of halogens is 1. The van der Waals surface area contributed by atoms with Gasteiger partial charge in [0.15, 0.2) is 0 Å². The average Bonchev–Trinajstić information content (AvgIpc) is 2.54. The molecule has 2 aliphatic rings. The Morgan fingerprint density at radius 3 is 2.85 bits per heavy atom. The molecule has 1 aliphatic heterocycles. The highest BCUT2D eigenvalue weighted by molar-refractivity contribution is 5.85. The molecule has 0 unspecified atom stereocenters. The van der Waals surface area contributed by atoms with Crippen molar-refractivity contribution in [2.75, 3.05) is 13.7 Å². The van der Waals surface area contributed by atoms with Crippen LogP contribution in [0.4, 0.5) is 0 Å². The van der Waals surface area contributed by atoms with Crippen LogP contribution in [0.1, 0.15) is 12.8 Å². The first kappa shape index (κ1) is 10.8. The molecule has 2 rings (SSSR count). The summed E-state index contributed by atoms with van der Waals surface area (Å²) in [4.78, 5) is 10.6. The topological polar surface area (TPSA) is 58.6 Å². The molecular weight excluding hydrogens is 194 g/mol. The van der Waals surface area contributed by atoms with Gasteiger partial charge in [-0.05, 0) is 12.8 Å². The Hall–Kier alpha value is -0.320. The predicted molar refractivity (Wildman–Crippen MR) is 49.1 cm³/mol. The third-order valence-corrected chi connectivity index (χ3v) is 2.93. The van der Waals surface area contributed by atoms with E-state index < -0.39 is 5.97 Å². The molecule has 2 fully saturated rings. The lowest BCUT2D eigenvalue weighted by Gasteiger charge is -2.11. The summed E-state index contributed by atoms with van der Waals surface area (Å²) in [5.74, 6) is -0.738. The molecule has 1 heterocycles. The van der Waals surface area contributed by atoms with Crippen molar-refractivity contribution in [2.45, 2.75) is 24.9 Å². The summed E-state index contributed by atoms with van der Waals surface area (Å²) in [6.07, 6.45) is 1.80. The van der Waals surface area contributed by atoms with Gasteiger partial charge in [0.1, 0.15) is 6.04 Å². The van der Waals surface area contributed by atoms with Gasteiger partial charge in [-0.1, -0.05) is 0 Å². The van der Waals surface area contributed by atoms with Crippen LogP contribution in [0.15, 0.2) is 0 Å². The second kappa shape index (κ2) is 3.44. The van der Waals surface area contributed by atoms with Crippen molar-refractivity contribution in [3.63, 3.8) is 0 Å². The van der Waals surface area contributed by atoms with Crippen LogP contribution in [0.2, 0.25) is 0 Å². The zero-order chi connectivity index (χ0) is 8.77. The lowest BCUT2D eigenvalue weighted by molar-refractivity contribution is -0.139. The quantitative estimate of drug-likeness (QED) is 0.697. The highest BCUT2D eigenvalue weighted by Gasteiger charge is 2.61. The van der Waals surface area contributed by atoms with Crippen LogP contribution in [0.3, 0.4) is 0 Å². The molecule has 0 aromatic rings. The smallest absolute Gasteiger partial charge is 0.320 e. The zero-order valence-corrected chi connectivity index (χ0v) is 8.26. The van der Waals surface area contributed by atoms with Crippen molar-refractivity contribution in [2.24, 2.45) is 5.41 Å². The highest BCUT2D eigenvalue weighted by Crippen LogP contribution is 2.54. The van der Waals surface area contributed by atoms with Gasteiger partial charge in [0.25, 0.3) is 0 Å². The molecule has 0 bridgehead atoms. The van der Waals surface area contributed by atoms with Crippen LogP contribution in [0.5, 0.6) is 0 Å². The first-order chi connectivity index (χ1) is 5.68. The van der Waals surface area contributed by atoms with E-state index in [4.69, 9.17) is 9.84 Å². The Balaban J connectivity index is 0.000000845. The normalized spacial score (nSPS) is 40.7. The van der Waals surface area contributed by atoms with E-state index in [9.17, 15) is 4.79 Å². The Morgan fingerprint density at radius 2 is 2.38 bits per heavy atom. The second-order valence-electron chi connectivity index (χ2n) is 3.81. The summed E-state index contributed by atoms with van der Waals surface area (Å²) in [7, 11) is 1.66. The first-order valence-electron chi connectivity index (χ1n) is 4.16. The number of carboxylic acid groups (broad SMARTS) is 1. The molecule has 5 heteroatoms. The van der Waals surface area contributed by atoms with E-state index in [1.807, 2.05) is 0 Å². The van der Waals surface area contributed by atoms with Crippen LogP contribution in [0.25, 0.3) is 0 Å². The van der Waals surface area contributed by atoms with Gasteiger partial charge in [0, 0.05) is 18.6 Å². The largest absolute Gasteiger partial charge is 0.480 e. The standard InChI is InChI=1S/C8H13NO3.ClH/c1-12-4-8-2-5(7(10)11)9-6(8)3-8;/h5-6,9H,2-4H2,1H3,(H,10,11);1H/t5-,6-,8+;/m0./s1. The van der Waals surface area contributed by atoms with E-state index >= 15 is 0 Å². The Labute approximate surface area is 83.1 Å². The van der Waals surface area contributed by atoms with Crippen LogP contribution in [0, 0.1) is 5.41 Å². The summed E-state index contributed by atoms with van der Waals surface area (Å²) in [6, 6.07) is 0.0393. The number of piperidine rings is 1. The maximum Gasteiger partial charge on any atom is 0.320 e. The molecule has 4 nitrogen and oxygen atoms in total. The van der Waals surface area contributed by atoms with Crippen molar-refractivity contribution in [1.29, 1.82) is 0 Å². The van der Waals surface area contributed by atoms with Gasteiger partial charge in [0.05, 0.1) is 6.61 Å². The summed E-state index contributed by atoms with van der Waals surface area (Å²) in [5.41, 5.74) is 0.151. The number of nitrogens with one attached hydrogen (secondary N) is 1. The van der Waals surface area contributed by atoms with Crippen LogP contribution in [-0.2, 0) is 9.53 Å². The summed E-state index contributed by atoms with van der Waals surface area (Å²) in [5, 5.41) is 11.8. The van der Waals surface area contributed by atoms with Gasteiger partial charge < -0.3 is 15.2 Å². The Morgan fingerprint density at radius 1 is 1.69 bits per heavy atom. The van der Waals surface area contributed by atoms with Crippen molar-refractivity contribution in [3.05, 3.63) is 0 Å². The van der Waals surface area contributed by atoms with Gasteiger partial charge in [0.2, 0.25) is 0 Å². The lowest BCUT2D eigenvalue weighted by Crippen LogP contribution is -2.33. The van der Waals surface area contributed by atoms with Crippen molar-refractivity contribution >= 4 is 18.4 Å². The third kappa shape index (κ3) is 1.66. The van der Waals surface area contributed by atoms with E-state index in [1.165, 1.54) is 0 Å². The fourth-order valence-electron chi connectivity index (χ4n) is 2.18. The molecule has 0 aromatic heterocycles. The molecule has 13 heavy (non-hydrogen) atoms. The number of methoxy groups -OCH3 is 1. The van der Waals surface area contributed by atoms with Crippen molar-refractivity contribution in [3.8, 4) is 0 Å². The second-order valence-corrected chi connectivity index (χ2v) is 3.81. The Bertz CT molecular complexity index is 223. The number of fused-ring (bicyclic) bond motifs is 1. The third-order valence-electron chi connectivity index (χ3n) is 2.93. The molecular formula is C8H14ClNO3. The maximum atomic E-state index is 10.6. The molecule has 1 saturated heterocycles. The zero-order valence-electron chi connectivity index (χ0n) is 7.45. The fourth-order valence-corrected chi connectivity index (χ4v) is 2.18. The Kier molecular flexibility index (Phi) is 2.85. The number of ether oxygens (including phenoxy) is 1. The summed E-state index contributed by atoms with van der Waals surface area (Å²) >= 11 is 0. The van der Waals surface area contributed by atoms with E-state index in [0.29, 0.717) is 12.6 Å². The van der Waals surface area contributed by atoms with E-state index in [0.717, 1.165) is 12.8 Å². The first-order valence-corrected chi connectivity index (χ1v) is 4.16. The number of carbonyl (C=O) groups is 1. The number of hydrogen-bond acceptors (Lipinski definition) is 3. The average molecular weight is 208 g/mol. The monoisotopic (exact) mass is 207 g/mol. The van der Waals surface area contributed by atoms with Gasteiger partial charge in [-0.3, -0.25) is 4.79 Å². The van der Waals surface area contributed by atoms with Crippen molar-refractivity contribution < 1.29 is 14.6 Å². The van der Waals surface area contributed by atoms with Gasteiger partial charge in [-0.25, -0.2) is 0 Å². The van der Waals surface area contributed by atoms with Crippen LogP contribution >= 0.6 is 12.4 Å². The van der Waals surface area contributed by atoms with Crippen LogP contribution < -0.4 is 5.32 Å².